The van der Waals surface area contributed by atoms with E-state index >= 15 is 0 Å². The maximum absolute atomic E-state index is 12.3. The lowest BCUT2D eigenvalue weighted by Crippen LogP contribution is -2.13. The second-order valence-electron chi connectivity index (χ2n) is 4.41. The van der Waals surface area contributed by atoms with E-state index in [1.807, 2.05) is 6.07 Å². The number of hydrogen-bond acceptors (Lipinski definition) is 3. The maximum Gasteiger partial charge on any atom is 0.255 e. The number of H-pyrrole nitrogens is 1. The van der Waals surface area contributed by atoms with E-state index < -0.39 is 0 Å². The summed E-state index contributed by atoms with van der Waals surface area (Å²) in [6.07, 6.45) is 3.37. The molecule has 0 unspecified atom stereocenters. The number of carbonyl (C=O) groups is 1. The lowest BCUT2D eigenvalue weighted by Gasteiger charge is -2.09. The van der Waals surface area contributed by atoms with Crippen LogP contribution in [0, 0.1) is 0 Å². The molecule has 21 heavy (non-hydrogen) atoms. The summed E-state index contributed by atoms with van der Waals surface area (Å²) < 4.78 is 5.11. The number of aromatic amines is 1. The number of anilines is 1. The van der Waals surface area contributed by atoms with Gasteiger partial charge in [-0.05, 0) is 30.3 Å². The van der Waals surface area contributed by atoms with Crippen molar-refractivity contribution in [1.29, 1.82) is 0 Å². The molecule has 0 aliphatic rings. The van der Waals surface area contributed by atoms with Gasteiger partial charge in [-0.15, -0.1) is 0 Å². The number of benzene rings is 1. The highest BCUT2D eigenvalue weighted by atomic mass is 35.5. The van der Waals surface area contributed by atoms with Gasteiger partial charge in [0.2, 0.25) is 5.88 Å². The number of ether oxygens (including phenoxy) is 1. The number of nitrogens with one attached hydrogen (secondary N) is 2. The number of fused-ring (bicyclic) bond motifs is 1. The predicted octanol–water partition coefficient (Wildman–Crippen LogP) is 3.48. The molecule has 2 aromatic heterocycles. The van der Waals surface area contributed by atoms with E-state index in [4.69, 9.17) is 16.3 Å². The fraction of sp³-hybridized carbons (Fsp3) is 0.0667. The molecule has 3 rings (SSSR count). The minimum Gasteiger partial charge on any atom is -0.480 e. The molecule has 0 aliphatic heterocycles. The third-order valence-electron chi connectivity index (χ3n) is 3.09. The highest BCUT2D eigenvalue weighted by Gasteiger charge is 2.12. The Kier molecular flexibility index (Phi) is 3.50. The molecule has 0 aliphatic carbocycles. The number of nitrogens with zero attached hydrogens (tertiary/aromatic N) is 1. The maximum atomic E-state index is 12.3. The minimum absolute atomic E-state index is 0.272. The van der Waals surface area contributed by atoms with Gasteiger partial charge in [0, 0.05) is 23.3 Å². The number of amides is 1. The molecule has 0 saturated carbocycles. The summed E-state index contributed by atoms with van der Waals surface area (Å²) in [5.41, 5.74) is 1.79. The summed E-state index contributed by atoms with van der Waals surface area (Å²) in [6, 6.07) is 8.71. The van der Waals surface area contributed by atoms with Gasteiger partial charge in [-0.25, -0.2) is 4.98 Å². The number of aromatic nitrogens is 2. The van der Waals surface area contributed by atoms with Gasteiger partial charge >= 0.3 is 0 Å². The Morgan fingerprint density at radius 1 is 1.38 bits per heavy atom. The van der Waals surface area contributed by atoms with Gasteiger partial charge in [0.1, 0.15) is 5.69 Å². The van der Waals surface area contributed by atoms with Gasteiger partial charge in [0.05, 0.1) is 17.6 Å². The highest BCUT2D eigenvalue weighted by Crippen LogP contribution is 2.26. The van der Waals surface area contributed by atoms with Crippen LogP contribution in [-0.4, -0.2) is 23.0 Å². The van der Waals surface area contributed by atoms with Crippen LogP contribution in [0.2, 0.25) is 5.02 Å². The quantitative estimate of drug-likeness (QED) is 0.778. The Morgan fingerprint density at radius 2 is 2.24 bits per heavy atom. The molecule has 0 saturated heterocycles. The summed E-state index contributed by atoms with van der Waals surface area (Å²) in [6.45, 7) is 0. The van der Waals surface area contributed by atoms with Crippen molar-refractivity contribution >= 4 is 34.1 Å². The lowest BCUT2D eigenvalue weighted by atomic mass is 10.1. The summed E-state index contributed by atoms with van der Waals surface area (Å²) in [7, 11) is 1.50. The number of pyridine rings is 1. The first-order chi connectivity index (χ1) is 10.2. The van der Waals surface area contributed by atoms with Crippen LogP contribution < -0.4 is 10.1 Å². The Bertz CT molecular complexity index is 814. The molecule has 2 heterocycles. The molecule has 0 atom stereocenters. The average molecular weight is 302 g/mol. The predicted molar refractivity (Wildman–Crippen MR) is 82.1 cm³/mol. The Balaban J connectivity index is 1.93. The molecule has 2 N–H and O–H groups in total. The third kappa shape index (κ3) is 2.55. The van der Waals surface area contributed by atoms with Gasteiger partial charge in [-0.2, -0.15) is 0 Å². The first-order valence-electron chi connectivity index (χ1n) is 6.26. The molecule has 0 spiro atoms. The zero-order chi connectivity index (χ0) is 14.8. The van der Waals surface area contributed by atoms with Gasteiger partial charge in [-0.3, -0.25) is 4.79 Å². The van der Waals surface area contributed by atoms with Crippen molar-refractivity contribution in [2.75, 3.05) is 12.4 Å². The van der Waals surface area contributed by atoms with E-state index in [2.05, 4.69) is 15.3 Å². The van der Waals surface area contributed by atoms with Crippen molar-refractivity contribution in [2.45, 2.75) is 0 Å². The van der Waals surface area contributed by atoms with E-state index in [-0.39, 0.29) is 5.91 Å². The molecule has 0 fully saturated rings. The second-order valence-corrected chi connectivity index (χ2v) is 4.82. The molecule has 5 nitrogen and oxygen atoms in total. The Labute approximate surface area is 125 Å². The van der Waals surface area contributed by atoms with Crippen LogP contribution in [0.15, 0.2) is 42.7 Å². The van der Waals surface area contributed by atoms with Gasteiger partial charge in [0.25, 0.3) is 5.91 Å². The third-order valence-corrected chi connectivity index (χ3v) is 3.38. The first-order valence-corrected chi connectivity index (χ1v) is 6.64. The van der Waals surface area contributed by atoms with Gasteiger partial charge in [0.15, 0.2) is 0 Å². The minimum atomic E-state index is -0.272. The van der Waals surface area contributed by atoms with E-state index in [1.165, 1.54) is 7.11 Å². The molecule has 1 amide bonds. The lowest BCUT2D eigenvalue weighted by molar-refractivity contribution is 0.102. The molecule has 3 aromatic rings. The Morgan fingerprint density at radius 3 is 3.05 bits per heavy atom. The van der Waals surface area contributed by atoms with Gasteiger partial charge in [-0.1, -0.05) is 11.6 Å². The number of halogens is 1. The van der Waals surface area contributed by atoms with Crippen LogP contribution in [0.4, 0.5) is 5.69 Å². The molecule has 0 bridgehead atoms. The standard InChI is InChI=1S/C15H12ClN3O2/c1-21-15-12(3-2-5-18-15)19-14(20)10-7-9-4-6-17-13(9)11(16)8-10/h2-8,17H,1H3,(H,19,20). The van der Waals surface area contributed by atoms with Crippen LogP contribution in [-0.2, 0) is 0 Å². The molecule has 106 valence electrons. The van der Waals surface area contributed by atoms with Crippen molar-refractivity contribution in [2.24, 2.45) is 0 Å². The molecular formula is C15H12ClN3O2. The highest BCUT2D eigenvalue weighted by molar-refractivity contribution is 6.35. The number of carbonyl (C=O) groups excluding carboxylic acids is 1. The van der Waals surface area contributed by atoms with E-state index in [9.17, 15) is 4.79 Å². The molecule has 6 heteroatoms. The largest absolute Gasteiger partial charge is 0.480 e. The van der Waals surface area contributed by atoms with Crippen molar-refractivity contribution in [1.82, 2.24) is 9.97 Å². The number of methoxy groups -OCH3 is 1. The van der Waals surface area contributed by atoms with Crippen LogP contribution in [0.3, 0.4) is 0 Å². The SMILES string of the molecule is COc1ncccc1NC(=O)c1cc(Cl)c2[nH]ccc2c1. The second kappa shape index (κ2) is 5.46. The Hall–Kier alpha value is -2.53. The van der Waals surface area contributed by atoms with Crippen LogP contribution in [0.5, 0.6) is 5.88 Å². The number of hydrogen-bond donors (Lipinski definition) is 2. The summed E-state index contributed by atoms with van der Waals surface area (Å²) in [5.74, 6) is 0.0889. The fourth-order valence-corrected chi connectivity index (χ4v) is 2.38. The number of rotatable bonds is 3. The average Bonchev–Trinajstić information content (AvgIpc) is 2.96. The monoisotopic (exact) mass is 301 g/mol. The van der Waals surface area contributed by atoms with Crippen LogP contribution in [0.25, 0.3) is 10.9 Å². The van der Waals surface area contributed by atoms with Gasteiger partial charge < -0.3 is 15.0 Å². The van der Waals surface area contributed by atoms with E-state index in [0.29, 0.717) is 22.2 Å². The first kappa shape index (κ1) is 13.5. The zero-order valence-corrected chi connectivity index (χ0v) is 11.9. The molecular weight excluding hydrogens is 290 g/mol. The normalized spacial score (nSPS) is 10.6. The van der Waals surface area contributed by atoms with Crippen LogP contribution >= 0.6 is 11.6 Å². The van der Waals surface area contributed by atoms with Crippen molar-refractivity contribution in [3.05, 3.63) is 53.3 Å². The zero-order valence-electron chi connectivity index (χ0n) is 11.2. The van der Waals surface area contributed by atoms with E-state index in [0.717, 1.165) is 10.9 Å². The molecule has 1 aromatic carbocycles. The summed E-state index contributed by atoms with van der Waals surface area (Å²) in [5, 5.41) is 4.15. The fourth-order valence-electron chi connectivity index (χ4n) is 2.10. The smallest absolute Gasteiger partial charge is 0.255 e. The van der Waals surface area contributed by atoms with E-state index in [1.54, 1.807) is 36.7 Å². The van der Waals surface area contributed by atoms with Crippen molar-refractivity contribution < 1.29 is 9.53 Å². The summed E-state index contributed by atoms with van der Waals surface area (Å²) >= 11 is 6.16. The topological polar surface area (TPSA) is 67.0 Å². The van der Waals surface area contributed by atoms with Crippen LogP contribution in [0.1, 0.15) is 10.4 Å². The molecule has 0 radical (unpaired) electrons. The summed E-state index contributed by atoms with van der Waals surface area (Å²) in [4.78, 5) is 19.4. The van der Waals surface area contributed by atoms with Crippen molar-refractivity contribution in [3.63, 3.8) is 0 Å². The van der Waals surface area contributed by atoms with Crippen molar-refractivity contribution in [3.8, 4) is 5.88 Å².